The van der Waals surface area contributed by atoms with E-state index >= 15 is 0 Å². The molecule has 4 nitrogen and oxygen atoms in total. The fraction of sp³-hybridized carbons (Fsp3) is 0.462. The topological polar surface area (TPSA) is 61.4 Å². The lowest BCUT2D eigenvalue weighted by atomic mass is 9.94. The van der Waals surface area contributed by atoms with E-state index in [9.17, 15) is 9.90 Å². The Hall–Kier alpha value is -0.810. The third kappa shape index (κ3) is 3.83. The zero-order valence-corrected chi connectivity index (χ0v) is 11.9. The number of carbonyl (C=O) groups excluding carboxylic acids is 1. The van der Waals surface area contributed by atoms with Gasteiger partial charge in [-0.2, -0.15) is 0 Å². The molecule has 6 heteroatoms. The molecule has 1 unspecified atom stereocenters. The molecule has 0 spiro atoms. The van der Waals surface area contributed by atoms with Gasteiger partial charge >= 0.3 is 0 Å². The number of benzene rings is 1. The van der Waals surface area contributed by atoms with E-state index < -0.39 is 5.60 Å². The van der Waals surface area contributed by atoms with E-state index in [1.54, 1.807) is 12.1 Å². The van der Waals surface area contributed by atoms with Gasteiger partial charge in [-0.05, 0) is 37.6 Å². The van der Waals surface area contributed by atoms with Crippen molar-refractivity contribution >= 4 is 29.1 Å². The Kier molecular flexibility index (Phi) is 4.68. The Morgan fingerprint density at radius 1 is 1.42 bits per heavy atom. The molecular formula is C13H16Cl2N2O2. The van der Waals surface area contributed by atoms with Gasteiger partial charge in [0, 0.05) is 18.7 Å². The fourth-order valence-electron chi connectivity index (χ4n) is 2.09. The summed E-state index contributed by atoms with van der Waals surface area (Å²) in [5, 5.41) is 16.8. The molecule has 1 fully saturated rings. The third-order valence-electron chi connectivity index (χ3n) is 3.21. The van der Waals surface area contributed by atoms with Crippen molar-refractivity contribution in [3.05, 3.63) is 33.8 Å². The first-order valence-electron chi connectivity index (χ1n) is 6.17. The highest BCUT2D eigenvalue weighted by Crippen LogP contribution is 2.22. The molecule has 1 aromatic carbocycles. The molecule has 1 aliphatic rings. The van der Waals surface area contributed by atoms with Crippen LogP contribution in [0.5, 0.6) is 0 Å². The first-order chi connectivity index (χ1) is 9.00. The van der Waals surface area contributed by atoms with Crippen LogP contribution in [0.25, 0.3) is 0 Å². The van der Waals surface area contributed by atoms with Crippen LogP contribution in [0.4, 0.5) is 0 Å². The van der Waals surface area contributed by atoms with E-state index in [0.29, 0.717) is 28.6 Å². The van der Waals surface area contributed by atoms with Gasteiger partial charge in [0.15, 0.2) is 0 Å². The Bertz CT molecular complexity index is 474. The largest absolute Gasteiger partial charge is 0.387 e. The van der Waals surface area contributed by atoms with E-state index in [4.69, 9.17) is 23.2 Å². The molecule has 3 N–H and O–H groups in total. The molecule has 1 amide bonds. The smallest absolute Gasteiger partial charge is 0.251 e. The minimum absolute atomic E-state index is 0.221. The van der Waals surface area contributed by atoms with Crippen LogP contribution < -0.4 is 10.6 Å². The summed E-state index contributed by atoms with van der Waals surface area (Å²) in [6.45, 7) is 1.62. The molecular weight excluding hydrogens is 287 g/mol. The summed E-state index contributed by atoms with van der Waals surface area (Å²) in [5.41, 5.74) is -0.439. The average Bonchev–Trinajstić information content (AvgIpc) is 2.40. The molecule has 0 saturated carbocycles. The van der Waals surface area contributed by atoms with Gasteiger partial charge in [-0.25, -0.2) is 0 Å². The lowest BCUT2D eigenvalue weighted by Gasteiger charge is -2.32. The highest BCUT2D eigenvalue weighted by molar-refractivity contribution is 6.42. The van der Waals surface area contributed by atoms with Crippen LogP contribution in [0.2, 0.25) is 10.0 Å². The van der Waals surface area contributed by atoms with Gasteiger partial charge in [0.1, 0.15) is 0 Å². The van der Waals surface area contributed by atoms with Crippen molar-refractivity contribution in [1.29, 1.82) is 0 Å². The summed E-state index contributed by atoms with van der Waals surface area (Å²) in [4.78, 5) is 11.9. The number of rotatable bonds is 3. The van der Waals surface area contributed by atoms with Gasteiger partial charge in [0.25, 0.3) is 5.91 Å². The standard InChI is InChI=1S/C13H16Cl2N2O2/c14-10-3-2-9(6-11(10)15)12(18)17-8-13(19)4-1-5-16-7-13/h2-3,6,16,19H,1,4-5,7-8H2,(H,17,18). The molecule has 19 heavy (non-hydrogen) atoms. The lowest BCUT2D eigenvalue weighted by molar-refractivity contribution is 0.0170. The first-order valence-corrected chi connectivity index (χ1v) is 6.92. The second-order valence-corrected chi connectivity index (χ2v) is 5.63. The van der Waals surface area contributed by atoms with Crippen molar-refractivity contribution in [3.8, 4) is 0 Å². The lowest BCUT2D eigenvalue weighted by Crippen LogP contribution is -2.52. The van der Waals surface area contributed by atoms with E-state index in [1.807, 2.05) is 0 Å². The van der Waals surface area contributed by atoms with Gasteiger partial charge in [0.2, 0.25) is 0 Å². The first kappa shape index (κ1) is 14.6. The number of β-amino-alcohol motifs (C(OH)–C–C–N with tert-alkyl or cyclic N) is 1. The maximum atomic E-state index is 11.9. The SMILES string of the molecule is O=C(NCC1(O)CCCNC1)c1ccc(Cl)c(Cl)c1. The number of aliphatic hydroxyl groups is 1. The molecule has 0 aliphatic carbocycles. The number of halogens is 2. The predicted molar refractivity (Wildman–Crippen MR) is 75.8 cm³/mol. The van der Waals surface area contributed by atoms with Gasteiger partial charge in [-0.1, -0.05) is 23.2 Å². The van der Waals surface area contributed by atoms with Crippen molar-refractivity contribution in [3.63, 3.8) is 0 Å². The Morgan fingerprint density at radius 2 is 2.21 bits per heavy atom. The van der Waals surface area contributed by atoms with Gasteiger partial charge in [-0.15, -0.1) is 0 Å². The van der Waals surface area contributed by atoms with E-state index in [2.05, 4.69) is 10.6 Å². The normalized spacial score (nSPS) is 23.1. The molecule has 104 valence electrons. The Balaban J connectivity index is 1.95. The third-order valence-corrected chi connectivity index (χ3v) is 3.95. The molecule has 1 atom stereocenters. The molecule has 0 aromatic heterocycles. The Morgan fingerprint density at radius 3 is 2.84 bits per heavy atom. The number of hydrogen-bond donors (Lipinski definition) is 3. The summed E-state index contributed by atoms with van der Waals surface area (Å²) in [6.07, 6.45) is 1.58. The van der Waals surface area contributed by atoms with Crippen molar-refractivity contribution in [2.24, 2.45) is 0 Å². The average molecular weight is 303 g/mol. The number of piperidine rings is 1. The van der Waals surface area contributed by atoms with Crippen LogP contribution in [-0.4, -0.2) is 36.2 Å². The van der Waals surface area contributed by atoms with Crippen LogP contribution in [0.15, 0.2) is 18.2 Å². The van der Waals surface area contributed by atoms with Crippen molar-refractivity contribution in [2.45, 2.75) is 18.4 Å². The summed E-state index contributed by atoms with van der Waals surface area (Å²) in [7, 11) is 0. The number of carbonyl (C=O) groups is 1. The van der Waals surface area contributed by atoms with E-state index in [1.165, 1.54) is 6.07 Å². The van der Waals surface area contributed by atoms with Crippen LogP contribution in [0.3, 0.4) is 0 Å². The summed E-state index contributed by atoms with van der Waals surface area (Å²) in [6, 6.07) is 4.70. The monoisotopic (exact) mass is 302 g/mol. The van der Waals surface area contributed by atoms with Crippen molar-refractivity contribution < 1.29 is 9.90 Å². The molecule has 1 saturated heterocycles. The fourth-order valence-corrected chi connectivity index (χ4v) is 2.39. The van der Waals surface area contributed by atoms with Crippen molar-refractivity contribution in [1.82, 2.24) is 10.6 Å². The number of amides is 1. The molecule has 0 radical (unpaired) electrons. The molecule has 1 heterocycles. The quantitative estimate of drug-likeness (QED) is 0.798. The summed E-state index contributed by atoms with van der Waals surface area (Å²) >= 11 is 11.7. The number of nitrogens with one attached hydrogen (secondary N) is 2. The van der Waals surface area contributed by atoms with Crippen LogP contribution in [0.1, 0.15) is 23.2 Å². The maximum Gasteiger partial charge on any atom is 0.251 e. The highest BCUT2D eigenvalue weighted by Gasteiger charge is 2.29. The highest BCUT2D eigenvalue weighted by atomic mass is 35.5. The summed E-state index contributed by atoms with van der Waals surface area (Å²) in [5.74, 6) is -0.266. The van der Waals surface area contributed by atoms with Crippen LogP contribution >= 0.6 is 23.2 Å². The predicted octanol–water partition coefficient (Wildman–Crippen LogP) is 1.84. The van der Waals surface area contributed by atoms with E-state index in [-0.39, 0.29) is 12.5 Å². The summed E-state index contributed by atoms with van der Waals surface area (Å²) < 4.78 is 0. The van der Waals surface area contributed by atoms with Gasteiger partial charge in [0.05, 0.1) is 15.6 Å². The number of hydrogen-bond acceptors (Lipinski definition) is 3. The zero-order chi connectivity index (χ0) is 13.9. The van der Waals surface area contributed by atoms with Gasteiger partial charge < -0.3 is 15.7 Å². The maximum absolute atomic E-state index is 11.9. The van der Waals surface area contributed by atoms with Crippen molar-refractivity contribution in [2.75, 3.05) is 19.6 Å². The second kappa shape index (κ2) is 6.09. The molecule has 2 rings (SSSR count). The van der Waals surface area contributed by atoms with Crippen LogP contribution in [-0.2, 0) is 0 Å². The molecule has 1 aliphatic heterocycles. The zero-order valence-electron chi connectivity index (χ0n) is 10.4. The van der Waals surface area contributed by atoms with Crippen LogP contribution in [0, 0.1) is 0 Å². The minimum atomic E-state index is -0.871. The molecule has 0 bridgehead atoms. The minimum Gasteiger partial charge on any atom is -0.387 e. The van der Waals surface area contributed by atoms with E-state index in [0.717, 1.165) is 13.0 Å². The molecule has 1 aromatic rings. The van der Waals surface area contributed by atoms with Gasteiger partial charge in [-0.3, -0.25) is 4.79 Å². The second-order valence-electron chi connectivity index (χ2n) is 4.82. The Labute approximate surface area is 122 Å².